The summed E-state index contributed by atoms with van der Waals surface area (Å²) in [6.45, 7) is 6.17. The number of hydrogen-bond acceptors (Lipinski definition) is 5. The molecular formula is C16H23O5P. The van der Waals surface area contributed by atoms with Crippen molar-refractivity contribution in [2.75, 3.05) is 26.5 Å². The number of methoxy groups -OCH3 is 1. The van der Waals surface area contributed by atoms with Crippen molar-refractivity contribution in [2.24, 2.45) is 0 Å². The smallest absolute Gasteiger partial charge is 0.337 e. The Morgan fingerprint density at radius 3 is 2.05 bits per heavy atom. The van der Waals surface area contributed by atoms with Crippen LogP contribution in [0.4, 0.5) is 0 Å². The van der Waals surface area contributed by atoms with Gasteiger partial charge in [-0.15, -0.1) is 0 Å². The van der Waals surface area contributed by atoms with Crippen LogP contribution in [0.1, 0.15) is 36.7 Å². The van der Waals surface area contributed by atoms with Gasteiger partial charge in [0.15, 0.2) is 0 Å². The fraction of sp³-hybridized carbons (Fsp3) is 0.438. The Labute approximate surface area is 131 Å². The summed E-state index contributed by atoms with van der Waals surface area (Å²) in [6, 6.07) is 7.04. The molecule has 22 heavy (non-hydrogen) atoms. The molecule has 0 aromatic heterocycles. The van der Waals surface area contributed by atoms with Crippen LogP contribution in [0.25, 0.3) is 5.57 Å². The number of esters is 1. The van der Waals surface area contributed by atoms with Gasteiger partial charge in [0, 0.05) is 0 Å². The molecule has 0 saturated carbocycles. The number of carbonyl (C=O) groups excluding carboxylic acids is 1. The predicted octanol–water partition coefficient (Wildman–Crippen LogP) is 4.14. The van der Waals surface area contributed by atoms with E-state index in [1.165, 1.54) is 7.11 Å². The van der Waals surface area contributed by atoms with Crippen molar-refractivity contribution in [3.8, 4) is 0 Å². The largest absolute Gasteiger partial charge is 0.465 e. The zero-order chi connectivity index (χ0) is 16.6. The normalized spacial score (nSPS) is 12.3. The van der Waals surface area contributed by atoms with Crippen LogP contribution in [-0.2, 0) is 18.3 Å². The molecule has 0 atom stereocenters. The minimum absolute atomic E-state index is 0.221. The number of rotatable bonds is 8. The molecular weight excluding hydrogens is 303 g/mol. The van der Waals surface area contributed by atoms with Crippen molar-refractivity contribution in [3.63, 3.8) is 0 Å². The fourth-order valence-electron chi connectivity index (χ4n) is 1.89. The second kappa shape index (κ2) is 8.89. The van der Waals surface area contributed by atoms with Gasteiger partial charge in [0.2, 0.25) is 0 Å². The molecule has 0 aliphatic heterocycles. The maximum absolute atomic E-state index is 12.4. The highest BCUT2D eigenvalue weighted by atomic mass is 31.2. The Morgan fingerprint density at radius 1 is 1.09 bits per heavy atom. The minimum atomic E-state index is -3.07. The monoisotopic (exact) mass is 326 g/mol. The van der Waals surface area contributed by atoms with Crippen LogP contribution in [0.15, 0.2) is 30.3 Å². The molecule has 122 valence electrons. The Balaban J connectivity index is 2.83. The first-order chi connectivity index (χ1) is 10.5. The first-order valence-electron chi connectivity index (χ1n) is 7.19. The van der Waals surface area contributed by atoms with Crippen LogP contribution in [-0.4, -0.2) is 32.5 Å². The van der Waals surface area contributed by atoms with E-state index in [0.29, 0.717) is 18.8 Å². The zero-order valence-electron chi connectivity index (χ0n) is 13.5. The molecule has 0 unspecified atom stereocenters. The van der Waals surface area contributed by atoms with Gasteiger partial charge in [-0.05, 0) is 44.0 Å². The highest BCUT2D eigenvalue weighted by Gasteiger charge is 2.21. The third-order valence-electron chi connectivity index (χ3n) is 3.03. The van der Waals surface area contributed by atoms with Crippen LogP contribution in [0, 0.1) is 0 Å². The highest BCUT2D eigenvalue weighted by molar-refractivity contribution is 7.54. The molecule has 0 bridgehead atoms. The van der Waals surface area contributed by atoms with Crippen LogP contribution < -0.4 is 0 Å². The van der Waals surface area contributed by atoms with E-state index < -0.39 is 7.60 Å². The first-order valence-corrected chi connectivity index (χ1v) is 8.92. The van der Waals surface area contributed by atoms with Crippen LogP contribution in [0.5, 0.6) is 0 Å². The predicted molar refractivity (Wildman–Crippen MR) is 87.2 cm³/mol. The van der Waals surface area contributed by atoms with Crippen LogP contribution in [0.2, 0.25) is 0 Å². The Morgan fingerprint density at radius 2 is 1.59 bits per heavy atom. The van der Waals surface area contributed by atoms with E-state index >= 15 is 0 Å². The van der Waals surface area contributed by atoms with E-state index in [-0.39, 0.29) is 12.1 Å². The third kappa shape index (κ3) is 5.41. The number of allylic oxidation sites excluding steroid dienone is 2. The van der Waals surface area contributed by atoms with E-state index in [9.17, 15) is 9.36 Å². The molecule has 1 rings (SSSR count). The van der Waals surface area contributed by atoms with E-state index in [2.05, 4.69) is 4.74 Å². The maximum Gasteiger partial charge on any atom is 0.337 e. The summed E-state index contributed by atoms with van der Waals surface area (Å²) in [5, 5.41) is 0. The average Bonchev–Trinajstić information content (AvgIpc) is 2.52. The number of carbonyl (C=O) groups is 1. The lowest BCUT2D eigenvalue weighted by atomic mass is 10.1. The van der Waals surface area contributed by atoms with Gasteiger partial charge >= 0.3 is 13.6 Å². The lowest BCUT2D eigenvalue weighted by Gasteiger charge is -2.15. The summed E-state index contributed by atoms with van der Waals surface area (Å²) < 4.78 is 27.5. The molecule has 1 aromatic carbocycles. The number of hydrogen-bond donors (Lipinski definition) is 0. The summed E-state index contributed by atoms with van der Waals surface area (Å²) in [6.07, 6.45) is 2.05. The molecule has 0 amide bonds. The first kappa shape index (κ1) is 18.6. The average molecular weight is 326 g/mol. The summed E-state index contributed by atoms with van der Waals surface area (Å²) in [5.41, 5.74) is 2.37. The van der Waals surface area contributed by atoms with Crippen molar-refractivity contribution in [1.82, 2.24) is 0 Å². The van der Waals surface area contributed by atoms with Gasteiger partial charge in [0.05, 0.1) is 32.0 Å². The SMILES string of the molecule is CCOP(=O)(CC=C(C)c1ccc(C(=O)OC)cc1)OCC. The molecule has 0 fully saturated rings. The van der Waals surface area contributed by atoms with Gasteiger partial charge in [-0.1, -0.05) is 18.2 Å². The van der Waals surface area contributed by atoms with Gasteiger partial charge in [0.25, 0.3) is 0 Å². The lowest BCUT2D eigenvalue weighted by molar-refractivity contribution is 0.0600. The topological polar surface area (TPSA) is 61.8 Å². The number of ether oxygens (including phenoxy) is 1. The lowest BCUT2D eigenvalue weighted by Crippen LogP contribution is -2.01. The van der Waals surface area contributed by atoms with E-state index in [0.717, 1.165) is 11.1 Å². The van der Waals surface area contributed by atoms with Gasteiger partial charge in [-0.2, -0.15) is 0 Å². The molecule has 6 heteroatoms. The molecule has 5 nitrogen and oxygen atoms in total. The molecule has 1 aromatic rings. The van der Waals surface area contributed by atoms with Gasteiger partial charge in [-0.3, -0.25) is 4.57 Å². The van der Waals surface area contributed by atoms with E-state index in [1.54, 1.807) is 26.0 Å². The summed E-state index contributed by atoms with van der Waals surface area (Å²) in [5.74, 6) is -0.370. The zero-order valence-corrected chi connectivity index (χ0v) is 14.4. The van der Waals surface area contributed by atoms with E-state index in [4.69, 9.17) is 9.05 Å². The van der Waals surface area contributed by atoms with E-state index in [1.807, 2.05) is 25.1 Å². The Hall–Kier alpha value is -1.42. The molecule has 0 radical (unpaired) electrons. The Bertz CT molecular complexity index is 552. The summed E-state index contributed by atoms with van der Waals surface area (Å²) in [4.78, 5) is 11.4. The molecule has 0 aliphatic carbocycles. The van der Waals surface area contributed by atoms with Crippen molar-refractivity contribution < 1.29 is 23.1 Å². The van der Waals surface area contributed by atoms with Crippen molar-refractivity contribution in [1.29, 1.82) is 0 Å². The molecule has 0 saturated heterocycles. The minimum Gasteiger partial charge on any atom is -0.465 e. The van der Waals surface area contributed by atoms with Gasteiger partial charge < -0.3 is 13.8 Å². The van der Waals surface area contributed by atoms with Crippen LogP contribution >= 0.6 is 7.60 Å². The van der Waals surface area contributed by atoms with Gasteiger partial charge in [-0.25, -0.2) is 4.79 Å². The van der Waals surface area contributed by atoms with Crippen molar-refractivity contribution in [3.05, 3.63) is 41.5 Å². The standard InChI is InChI=1S/C16H23O5P/c1-5-20-22(18,21-6-2)12-11-13(3)14-7-9-15(10-8-14)16(17)19-4/h7-11H,5-6,12H2,1-4H3. The van der Waals surface area contributed by atoms with Crippen molar-refractivity contribution in [2.45, 2.75) is 20.8 Å². The third-order valence-corrected chi connectivity index (χ3v) is 4.97. The Kier molecular flexibility index (Phi) is 7.52. The molecule has 0 spiro atoms. The summed E-state index contributed by atoms with van der Waals surface area (Å²) in [7, 11) is -1.73. The highest BCUT2D eigenvalue weighted by Crippen LogP contribution is 2.48. The fourth-order valence-corrected chi connectivity index (χ4v) is 3.46. The van der Waals surface area contributed by atoms with Crippen molar-refractivity contribution >= 4 is 19.1 Å². The second-order valence-electron chi connectivity index (χ2n) is 4.59. The maximum atomic E-state index is 12.4. The molecule has 0 aliphatic rings. The molecule has 0 N–H and O–H groups in total. The summed E-state index contributed by atoms with van der Waals surface area (Å²) >= 11 is 0. The van der Waals surface area contributed by atoms with Crippen LogP contribution in [0.3, 0.4) is 0 Å². The second-order valence-corrected chi connectivity index (χ2v) is 6.69. The quantitative estimate of drug-likeness (QED) is 0.530. The molecule has 0 heterocycles. The number of benzene rings is 1. The van der Waals surface area contributed by atoms with Gasteiger partial charge in [0.1, 0.15) is 0 Å².